The van der Waals surface area contributed by atoms with E-state index in [4.69, 9.17) is 0 Å². The third-order valence-corrected chi connectivity index (χ3v) is 3.10. The lowest BCUT2D eigenvalue weighted by molar-refractivity contribution is 1.03. The maximum absolute atomic E-state index is 4.52. The minimum atomic E-state index is 0.332. The number of aryl methyl sites for hydroxylation is 2. The third-order valence-electron chi connectivity index (χ3n) is 2.84. The lowest BCUT2D eigenvalue weighted by Crippen LogP contribution is -1.99. The SMILES string of the molecule is Cc1cc(C)c(C)c(C(C)S)c1C. The highest BCUT2D eigenvalue weighted by atomic mass is 32.1. The first-order valence-electron chi connectivity index (χ1n) is 4.70. The van der Waals surface area contributed by atoms with Crippen molar-refractivity contribution >= 4 is 12.6 Å². The van der Waals surface area contributed by atoms with Crippen LogP contribution in [0.25, 0.3) is 0 Å². The molecule has 1 aromatic rings. The van der Waals surface area contributed by atoms with Crippen LogP contribution >= 0.6 is 12.6 Å². The van der Waals surface area contributed by atoms with E-state index in [1.165, 1.54) is 27.8 Å². The second-order valence-electron chi connectivity index (χ2n) is 3.85. The van der Waals surface area contributed by atoms with Gasteiger partial charge in [-0.05, 0) is 62.4 Å². The van der Waals surface area contributed by atoms with Gasteiger partial charge in [0.15, 0.2) is 0 Å². The second kappa shape index (κ2) is 3.75. The van der Waals surface area contributed by atoms with Gasteiger partial charge in [-0.2, -0.15) is 12.6 Å². The zero-order valence-electron chi connectivity index (χ0n) is 9.10. The molecular weight excluding hydrogens is 176 g/mol. The van der Waals surface area contributed by atoms with Gasteiger partial charge >= 0.3 is 0 Å². The highest BCUT2D eigenvalue weighted by Crippen LogP contribution is 2.30. The van der Waals surface area contributed by atoms with Gasteiger partial charge in [0.2, 0.25) is 0 Å². The molecule has 0 N–H and O–H groups in total. The van der Waals surface area contributed by atoms with Gasteiger partial charge in [0, 0.05) is 5.25 Å². The minimum absolute atomic E-state index is 0.332. The lowest BCUT2D eigenvalue weighted by atomic mass is 9.92. The Labute approximate surface area is 86.8 Å². The molecular formula is C12H18S. The zero-order chi connectivity index (χ0) is 10.2. The molecule has 1 rings (SSSR count). The topological polar surface area (TPSA) is 0 Å². The van der Waals surface area contributed by atoms with Gasteiger partial charge < -0.3 is 0 Å². The number of hydrogen-bond donors (Lipinski definition) is 1. The first-order chi connectivity index (χ1) is 5.95. The monoisotopic (exact) mass is 194 g/mol. The lowest BCUT2D eigenvalue weighted by Gasteiger charge is -2.17. The van der Waals surface area contributed by atoms with E-state index < -0.39 is 0 Å². The van der Waals surface area contributed by atoms with Crippen molar-refractivity contribution in [2.75, 3.05) is 0 Å². The quantitative estimate of drug-likeness (QED) is 0.644. The molecule has 0 spiro atoms. The predicted molar refractivity (Wildman–Crippen MR) is 62.8 cm³/mol. The number of rotatable bonds is 1. The molecule has 0 saturated carbocycles. The van der Waals surface area contributed by atoms with Crippen LogP contribution in [0.2, 0.25) is 0 Å². The standard InChI is InChI=1S/C12H18S/c1-7-6-8(2)10(4)12(9(7)3)11(5)13/h6,11,13H,1-5H3. The third kappa shape index (κ3) is 1.91. The van der Waals surface area contributed by atoms with Gasteiger partial charge in [0.1, 0.15) is 0 Å². The fraction of sp³-hybridized carbons (Fsp3) is 0.500. The average Bonchev–Trinajstić information content (AvgIpc) is 2.01. The Morgan fingerprint density at radius 2 is 1.38 bits per heavy atom. The van der Waals surface area contributed by atoms with Gasteiger partial charge in [-0.25, -0.2) is 0 Å². The van der Waals surface area contributed by atoms with Crippen LogP contribution in [0.5, 0.6) is 0 Å². The second-order valence-corrected chi connectivity index (χ2v) is 4.62. The summed E-state index contributed by atoms with van der Waals surface area (Å²) in [6.07, 6.45) is 0. The predicted octanol–water partition coefficient (Wildman–Crippen LogP) is 3.91. The molecule has 0 radical (unpaired) electrons. The fourth-order valence-electron chi connectivity index (χ4n) is 1.87. The summed E-state index contributed by atoms with van der Waals surface area (Å²) in [7, 11) is 0. The molecule has 0 heterocycles. The summed E-state index contributed by atoms with van der Waals surface area (Å²) < 4.78 is 0. The van der Waals surface area contributed by atoms with Crippen molar-refractivity contribution in [1.29, 1.82) is 0 Å². The van der Waals surface area contributed by atoms with E-state index in [9.17, 15) is 0 Å². The average molecular weight is 194 g/mol. The minimum Gasteiger partial charge on any atom is -0.171 e. The number of benzene rings is 1. The van der Waals surface area contributed by atoms with E-state index in [0.29, 0.717) is 5.25 Å². The van der Waals surface area contributed by atoms with E-state index in [0.717, 1.165) is 0 Å². The summed E-state index contributed by atoms with van der Waals surface area (Å²) in [5.41, 5.74) is 6.94. The van der Waals surface area contributed by atoms with Crippen molar-refractivity contribution in [3.05, 3.63) is 33.9 Å². The van der Waals surface area contributed by atoms with Crippen LogP contribution < -0.4 is 0 Å². The van der Waals surface area contributed by atoms with E-state index in [1.54, 1.807) is 0 Å². The summed E-state index contributed by atoms with van der Waals surface area (Å²) in [5, 5.41) is 0.332. The van der Waals surface area contributed by atoms with Gasteiger partial charge in [-0.15, -0.1) is 0 Å². The van der Waals surface area contributed by atoms with Crippen molar-refractivity contribution in [1.82, 2.24) is 0 Å². The Morgan fingerprint density at radius 3 is 1.69 bits per heavy atom. The van der Waals surface area contributed by atoms with Crippen molar-refractivity contribution in [2.45, 2.75) is 39.9 Å². The Hall–Kier alpha value is -0.430. The molecule has 0 nitrogen and oxygen atoms in total. The van der Waals surface area contributed by atoms with Crippen molar-refractivity contribution in [3.63, 3.8) is 0 Å². The molecule has 72 valence electrons. The summed E-state index contributed by atoms with van der Waals surface area (Å²) in [6, 6.07) is 2.25. The van der Waals surface area contributed by atoms with E-state index >= 15 is 0 Å². The van der Waals surface area contributed by atoms with Gasteiger partial charge in [0.05, 0.1) is 0 Å². The van der Waals surface area contributed by atoms with Crippen LogP contribution in [0.4, 0.5) is 0 Å². The molecule has 0 aliphatic carbocycles. The first-order valence-corrected chi connectivity index (χ1v) is 5.22. The number of hydrogen-bond acceptors (Lipinski definition) is 1. The van der Waals surface area contributed by atoms with Crippen LogP contribution in [-0.2, 0) is 0 Å². The van der Waals surface area contributed by atoms with Crippen molar-refractivity contribution in [2.24, 2.45) is 0 Å². The van der Waals surface area contributed by atoms with Gasteiger partial charge in [-0.1, -0.05) is 6.07 Å². The summed E-state index contributed by atoms with van der Waals surface area (Å²) in [5.74, 6) is 0. The van der Waals surface area contributed by atoms with Crippen molar-refractivity contribution in [3.8, 4) is 0 Å². The Morgan fingerprint density at radius 1 is 1.00 bits per heavy atom. The molecule has 0 aliphatic heterocycles. The Balaban J connectivity index is 3.46. The Kier molecular flexibility index (Phi) is 3.07. The maximum atomic E-state index is 4.52. The molecule has 0 aromatic heterocycles. The molecule has 0 fully saturated rings. The van der Waals surface area contributed by atoms with Crippen LogP contribution in [0.3, 0.4) is 0 Å². The van der Waals surface area contributed by atoms with E-state index in [1.807, 2.05) is 0 Å². The van der Waals surface area contributed by atoms with Gasteiger partial charge in [0.25, 0.3) is 0 Å². The van der Waals surface area contributed by atoms with E-state index in [-0.39, 0.29) is 0 Å². The van der Waals surface area contributed by atoms with Gasteiger partial charge in [-0.3, -0.25) is 0 Å². The van der Waals surface area contributed by atoms with E-state index in [2.05, 4.69) is 53.3 Å². The molecule has 0 bridgehead atoms. The summed E-state index contributed by atoms with van der Waals surface area (Å²) >= 11 is 4.52. The Bertz CT molecular complexity index is 298. The molecule has 0 saturated heterocycles. The van der Waals surface area contributed by atoms with Crippen LogP contribution in [0.15, 0.2) is 6.07 Å². The van der Waals surface area contributed by atoms with Crippen LogP contribution in [0, 0.1) is 27.7 Å². The normalized spacial score (nSPS) is 13.1. The van der Waals surface area contributed by atoms with Crippen LogP contribution in [0.1, 0.15) is 40.0 Å². The fourth-order valence-corrected chi connectivity index (χ4v) is 2.26. The highest BCUT2D eigenvalue weighted by molar-refractivity contribution is 7.80. The smallest absolute Gasteiger partial charge is 0.0244 e. The summed E-state index contributed by atoms with van der Waals surface area (Å²) in [4.78, 5) is 0. The molecule has 1 aromatic carbocycles. The summed E-state index contributed by atoms with van der Waals surface area (Å²) in [6.45, 7) is 10.8. The highest BCUT2D eigenvalue weighted by Gasteiger charge is 2.11. The maximum Gasteiger partial charge on any atom is 0.0244 e. The molecule has 1 unspecified atom stereocenters. The largest absolute Gasteiger partial charge is 0.171 e. The molecule has 0 aliphatic rings. The molecule has 1 atom stereocenters. The first kappa shape index (κ1) is 10.6. The van der Waals surface area contributed by atoms with Crippen LogP contribution in [-0.4, -0.2) is 0 Å². The zero-order valence-corrected chi connectivity index (χ0v) is 10.00. The molecule has 13 heavy (non-hydrogen) atoms. The molecule has 0 amide bonds. The molecule has 1 heteroatoms. The number of thiol groups is 1. The van der Waals surface area contributed by atoms with Crippen molar-refractivity contribution < 1.29 is 0 Å².